The molecule has 0 radical (unpaired) electrons. The Morgan fingerprint density at radius 2 is 1.81 bits per heavy atom. The van der Waals surface area contributed by atoms with Crippen LogP contribution in [0.15, 0.2) is 41.4 Å². The van der Waals surface area contributed by atoms with E-state index in [9.17, 15) is 18.3 Å². The van der Waals surface area contributed by atoms with E-state index < -0.39 is 15.3 Å². The molecule has 0 unspecified atom stereocenters. The van der Waals surface area contributed by atoms with Gasteiger partial charge in [-0.05, 0) is 42.8 Å². The van der Waals surface area contributed by atoms with E-state index in [1.807, 2.05) is 0 Å². The van der Waals surface area contributed by atoms with Gasteiger partial charge in [0.15, 0.2) is 21.4 Å². The third-order valence-electron chi connectivity index (χ3n) is 3.89. The van der Waals surface area contributed by atoms with Crippen molar-refractivity contribution >= 4 is 33.2 Å². The van der Waals surface area contributed by atoms with Crippen LogP contribution in [0.25, 0.3) is 0 Å². The van der Waals surface area contributed by atoms with Crippen LogP contribution in [-0.2, 0) is 20.4 Å². The number of amides is 1. The van der Waals surface area contributed by atoms with Crippen LogP contribution in [0, 0.1) is 5.41 Å². The van der Waals surface area contributed by atoms with Crippen molar-refractivity contribution in [3.8, 4) is 5.75 Å². The summed E-state index contributed by atoms with van der Waals surface area (Å²) in [6.45, 7) is 7.45. The van der Waals surface area contributed by atoms with E-state index in [0.717, 1.165) is 0 Å². The fourth-order valence-corrected chi connectivity index (χ4v) is 3.95. The summed E-state index contributed by atoms with van der Waals surface area (Å²) < 4.78 is 25.0. The minimum Gasteiger partial charge on any atom is -0.504 e. The minimum absolute atomic E-state index is 0.116. The molecule has 0 aliphatic rings. The van der Waals surface area contributed by atoms with Gasteiger partial charge in [0.25, 0.3) is 0 Å². The van der Waals surface area contributed by atoms with Crippen molar-refractivity contribution in [2.75, 3.05) is 11.4 Å². The average molecular weight is 411 g/mol. The van der Waals surface area contributed by atoms with E-state index in [1.165, 1.54) is 41.4 Å². The van der Waals surface area contributed by atoms with Crippen molar-refractivity contribution in [3.63, 3.8) is 0 Å². The molecule has 6 nitrogen and oxygen atoms in total. The standard InChI is InChI=1S/C19H23ClN2O4S/c1-5-22(18(24)19(2,3)4)17-16(23)10-13(11-21-17)12-27(25,26)15-8-6-14(20)7-9-15/h6-11,23H,5,12H2,1-4H3. The highest BCUT2D eigenvalue weighted by molar-refractivity contribution is 7.90. The molecule has 27 heavy (non-hydrogen) atoms. The second-order valence-corrected chi connectivity index (χ2v) is 9.62. The van der Waals surface area contributed by atoms with Crippen molar-refractivity contribution in [1.29, 1.82) is 0 Å². The van der Waals surface area contributed by atoms with Gasteiger partial charge in [0.2, 0.25) is 5.91 Å². The first-order valence-electron chi connectivity index (χ1n) is 8.44. The lowest BCUT2D eigenvalue weighted by Gasteiger charge is -2.28. The average Bonchev–Trinajstić information content (AvgIpc) is 2.56. The summed E-state index contributed by atoms with van der Waals surface area (Å²) in [4.78, 5) is 18.2. The summed E-state index contributed by atoms with van der Waals surface area (Å²) in [6.07, 6.45) is 1.36. The normalized spacial score (nSPS) is 12.0. The Labute approximate surface area is 164 Å². The number of halogens is 1. The van der Waals surface area contributed by atoms with Crippen LogP contribution in [-0.4, -0.2) is 31.0 Å². The number of aromatic nitrogens is 1. The van der Waals surface area contributed by atoms with E-state index in [0.29, 0.717) is 17.1 Å². The quantitative estimate of drug-likeness (QED) is 0.809. The number of hydrogen-bond acceptors (Lipinski definition) is 5. The van der Waals surface area contributed by atoms with Gasteiger partial charge in [0.05, 0.1) is 10.6 Å². The van der Waals surface area contributed by atoms with E-state index >= 15 is 0 Å². The first-order chi connectivity index (χ1) is 12.5. The Morgan fingerprint density at radius 1 is 1.22 bits per heavy atom. The summed E-state index contributed by atoms with van der Waals surface area (Å²) in [6, 6.07) is 7.20. The molecule has 8 heteroatoms. The SMILES string of the molecule is CCN(C(=O)C(C)(C)C)c1ncc(CS(=O)(=O)c2ccc(Cl)cc2)cc1O. The maximum atomic E-state index is 12.5. The van der Waals surface area contributed by atoms with Crippen molar-refractivity contribution in [2.45, 2.75) is 38.3 Å². The maximum absolute atomic E-state index is 12.5. The van der Waals surface area contributed by atoms with Crippen molar-refractivity contribution in [2.24, 2.45) is 5.41 Å². The second-order valence-electron chi connectivity index (χ2n) is 7.20. The second kappa shape index (κ2) is 7.86. The van der Waals surface area contributed by atoms with Gasteiger partial charge in [0.1, 0.15) is 0 Å². The van der Waals surface area contributed by atoms with Crippen LogP contribution >= 0.6 is 11.6 Å². The molecule has 0 aliphatic carbocycles. The summed E-state index contributed by atoms with van der Waals surface area (Å²) in [5.41, 5.74) is -0.314. The molecule has 0 fully saturated rings. The fourth-order valence-electron chi connectivity index (χ4n) is 2.51. The topological polar surface area (TPSA) is 87.6 Å². The minimum atomic E-state index is -3.62. The molecule has 0 atom stereocenters. The summed E-state index contributed by atoms with van der Waals surface area (Å²) >= 11 is 5.79. The molecule has 0 saturated carbocycles. The Morgan fingerprint density at radius 3 is 2.30 bits per heavy atom. The number of hydrogen-bond donors (Lipinski definition) is 1. The molecule has 1 aromatic carbocycles. The molecular formula is C19H23ClN2O4S. The predicted octanol–water partition coefficient (Wildman–Crippen LogP) is 3.81. The van der Waals surface area contributed by atoms with E-state index in [2.05, 4.69) is 4.98 Å². The van der Waals surface area contributed by atoms with Gasteiger partial charge in [-0.3, -0.25) is 9.69 Å². The third-order valence-corrected chi connectivity index (χ3v) is 5.85. The number of benzene rings is 1. The summed E-state index contributed by atoms with van der Waals surface area (Å²) in [5, 5.41) is 10.8. The largest absolute Gasteiger partial charge is 0.504 e. The van der Waals surface area contributed by atoms with E-state index in [-0.39, 0.29) is 28.1 Å². The molecule has 1 aromatic heterocycles. The number of aromatic hydroxyl groups is 1. The molecule has 2 aromatic rings. The van der Waals surface area contributed by atoms with Crippen molar-refractivity contribution in [1.82, 2.24) is 4.98 Å². The third kappa shape index (κ3) is 4.99. The zero-order chi connectivity index (χ0) is 20.4. The summed E-state index contributed by atoms with van der Waals surface area (Å²) in [5.74, 6) is -0.632. The Kier molecular flexibility index (Phi) is 6.17. The first-order valence-corrected chi connectivity index (χ1v) is 10.5. The van der Waals surface area contributed by atoms with Gasteiger partial charge < -0.3 is 5.11 Å². The number of carbonyl (C=O) groups excluding carboxylic acids is 1. The monoisotopic (exact) mass is 410 g/mol. The van der Waals surface area contributed by atoms with E-state index in [1.54, 1.807) is 27.7 Å². The molecule has 2 rings (SSSR count). The molecule has 1 amide bonds. The maximum Gasteiger partial charge on any atom is 0.233 e. The first kappa shape index (κ1) is 21.2. The Hall–Kier alpha value is -2.12. The highest BCUT2D eigenvalue weighted by Gasteiger charge is 2.29. The molecular weight excluding hydrogens is 388 g/mol. The van der Waals surface area contributed by atoms with Gasteiger partial charge in [0, 0.05) is 23.2 Å². The van der Waals surface area contributed by atoms with Crippen LogP contribution < -0.4 is 4.90 Å². The molecule has 146 valence electrons. The van der Waals surface area contributed by atoms with Gasteiger partial charge in [-0.25, -0.2) is 13.4 Å². The smallest absolute Gasteiger partial charge is 0.233 e. The van der Waals surface area contributed by atoms with Gasteiger partial charge in [-0.1, -0.05) is 32.4 Å². The number of pyridine rings is 1. The van der Waals surface area contributed by atoms with Crippen LogP contribution in [0.2, 0.25) is 5.02 Å². The van der Waals surface area contributed by atoms with Crippen LogP contribution in [0.4, 0.5) is 5.82 Å². The van der Waals surface area contributed by atoms with E-state index in [4.69, 9.17) is 11.6 Å². The number of anilines is 1. The molecule has 0 aliphatic heterocycles. The van der Waals surface area contributed by atoms with Gasteiger partial charge >= 0.3 is 0 Å². The van der Waals surface area contributed by atoms with Crippen LogP contribution in [0.3, 0.4) is 0 Å². The molecule has 0 bridgehead atoms. The number of carbonyl (C=O) groups is 1. The lowest BCUT2D eigenvalue weighted by Crippen LogP contribution is -2.40. The molecule has 0 spiro atoms. The zero-order valence-corrected chi connectivity index (χ0v) is 17.3. The van der Waals surface area contributed by atoms with Gasteiger partial charge in [-0.2, -0.15) is 0 Å². The highest BCUT2D eigenvalue weighted by Crippen LogP contribution is 2.30. The molecule has 1 N–H and O–H groups in total. The highest BCUT2D eigenvalue weighted by atomic mass is 35.5. The molecule has 0 saturated heterocycles. The lowest BCUT2D eigenvalue weighted by molar-refractivity contribution is -0.125. The fraction of sp³-hybridized carbons (Fsp3) is 0.368. The predicted molar refractivity (Wildman–Crippen MR) is 106 cm³/mol. The van der Waals surface area contributed by atoms with Gasteiger partial charge in [-0.15, -0.1) is 0 Å². The summed E-state index contributed by atoms with van der Waals surface area (Å²) in [7, 11) is -3.62. The Balaban J connectivity index is 2.31. The van der Waals surface area contributed by atoms with Crippen molar-refractivity contribution in [3.05, 3.63) is 47.1 Å². The number of rotatable bonds is 5. The lowest BCUT2D eigenvalue weighted by atomic mass is 9.94. The van der Waals surface area contributed by atoms with Crippen LogP contribution in [0.1, 0.15) is 33.3 Å². The number of nitrogens with zero attached hydrogens (tertiary/aromatic N) is 2. The van der Waals surface area contributed by atoms with Crippen LogP contribution in [0.5, 0.6) is 5.75 Å². The van der Waals surface area contributed by atoms with Crippen molar-refractivity contribution < 1.29 is 18.3 Å². The molecule has 1 heterocycles. The number of sulfone groups is 1. The Bertz CT molecular complexity index is 935. The zero-order valence-electron chi connectivity index (χ0n) is 15.7.